The third-order valence-corrected chi connectivity index (χ3v) is 3.81. The molecule has 0 radical (unpaired) electrons. The van der Waals surface area contributed by atoms with Gasteiger partial charge in [-0.25, -0.2) is 4.98 Å². The van der Waals surface area contributed by atoms with Crippen LogP contribution in [0.15, 0.2) is 18.2 Å². The summed E-state index contributed by atoms with van der Waals surface area (Å²) < 4.78 is 0. The van der Waals surface area contributed by atoms with E-state index in [0.29, 0.717) is 18.8 Å². The molecule has 122 valence electrons. The number of nitrogens with one attached hydrogen (secondary N) is 3. The number of hydrogen-bond acceptors (Lipinski definition) is 3. The maximum atomic E-state index is 11.8. The molecule has 1 aromatic carbocycles. The first kappa shape index (κ1) is 18.7. The monoisotopic (exact) mass is 344 g/mol. The van der Waals surface area contributed by atoms with E-state index in [9.17, 15) is 4.79 Å². The van der Waals surface area contributed by atoms with Crippen molar-refractivity contribution in [2.45, 2.75) is 19.8 Å². The number of rotatable bonds is 5. The van der Waals surface area contributed by atoms with Crippen LogP contribution in [0.1, 0.15) is 17.8 Å². The van der Waals surface area contributed by atoms with E-state index in [4.69, 9.17) is 0 Å². The third-order valence-electron chi connectivity index (χ3n) is 3.81. The normalized spacial score (nSPS) is 13.9. The third kappa shape index (κ3) is 4.35. The zero-order valence-corrected chi connectivity index (χ0v) is 14.1. The summed E-state index contributed by atoms with van der Waals surface area (Å²) in [5.74, 6) is 1.59. The molecule has 0 atom stereocenters. The van der Waals surface area contributed by atoms with Gasteiger partial charge in [0.05, 0.1) is 11.0 Å². The minimum Gasteiger partial charge on any atom is -0.356 e. The molecule has 0 bridgehead atoms. The highest BCUT2D eigenvalue weighted by molar-refractivity contribution is 5.85. The van der Waals surface area contributed by atoms with Gasteiger partial charge in [-0.15, -0.1) is 24.8 Å². The largest absolute Gasteiger partial charge is 0.356 e. The van der Waals surface area contributed by atoms with Gasteiger partial charge in [-0.05, 0) is 18.6 Å². The summed E-state index contributed by atoms with van der Waals surface area (Å²) in [6.45, 7) is 4.86. The van der Waals surface area contributed by atoms with Crippen LogP contribution in [0, 0.1) is 12.8 Å². The molecule has 1 saturated heterocycles. The summed E-state index contributed by atoms with van der Waals surface area (Å²) >= 11 is 0. The van der Waals surface area contributed by atoms with Crippen LogP contribution >= 0.6 is 24.8 Å². The van der Waals surface area contributed by atoms with Gasteiger partial charge in [-0.1, -0.05) is 12.1 Å². The van der Waals surface area contributed by atoms with Gasteiger partial charge in [-0.2, -0.15) is 0 Å². The molecular formula is C15H22Cl2N4O. The van der Waals surface area contributed by atoms with Gasteiger partial charge in [0.2, 0.25) is 5.91 Å². The van der Waals surface area contributed by atoms with Gasteiger partial charge in [0, 0.05) is 38.4 Å². The Morgan fingerprint density at radius 3 is 2.77 bits per heavy atom. The topological polar surface area (TPSA) is 69.8 Å². The Morgan fingerprint density at radius 1 is 1.36 bits per heavy atom. The summed E-state index contributed by atoms with van der Waals surface area (Å²) in [5.41, 5.74) is 3.20. The molecule has 0 spiro atoms. The van der Waals surface area contributed by atoms with Gasteiger partial charge < -0.3 is 15.6 Å². The van der Waals surface area contributed by atoms with E-state index in [-0.39, 0.29) is 30.7 Å². The van der Waals surface area contributed by atoms with Crippen LogP contribution in [0.4, 0.5) is 0 Å². The van der Waals surface area contributed by atoms with Crippen molar-refractivity contribution in [2.75, 3.05) is 19.6 Å². The lowest BCUT2D eigenvalue weighted by molar-refractivity contribution is -0.121. The number of aromatic nitrogens is 2. The standard InChI is InChI=1S/C15H20N4O.2ClH/c1-10-3-2-4-12-15(10)19-13(18-12)5-6-14(20)17-9-11-7-16-8-11;;/h2-4,11,16H,5-9H2,1H3,(H,17,20)(H,18,19);2*1H. The van der Waals surface area contributed by atoms with E-state index in [1.807, 2.05) is 25.1 Å². The van der Waals surface area contributed by atoms with E-state index < -0.39 is 0 Å². The highest BCUT2D eigenvalue weighted by Gasteiger charge is 2.17. The Hall–Kier alpha value is -1.30. The number of nitrogens with zero attached hydrogens (tertiary/aromatic N) is 1. The molecule has 0 saturated carbocycles. The maximum absolute atomic E-state index is 11.8. The smallest absolute Gasteiger partial charge is 0.220 e. The number of benzene rings is 1. The van der Waals surface area contributed by atoms with Crippen molar-refractivity contribution >= 4 is 41.8 Å². The Bertz CT molecular complexity index is 625. The Balaban J connectivity index is 0.00000121. The number of carbonyl (C=O) groups is 1. The minimum atomic E-state index is 0. The van der Waals surface area contributed by atoms with Crippen molar-refractivity contribution in [3.05, 3.63) is 29.6 Å². The second kappa shape index (κ2) is 8.36. The summed E-state index contributed by atoms with van der Waals surface area (Å²) in [6, 6.07) is 6.08. The van der Waals surface area contributed by atoms with Crippen molar-refractivity contribution in [1.29, 1.82) is 0 Å². The number of aromatic amines is 1. The summed E-state index contributed by atoms with van der Waals surface area (Å²) in [5, 5.41) is 6.18. The number of aryl methyl sites for hydroxylation is 2. The van der Waals surface area contributed by atoms with Crippen LogP contribution < -0.4 is 10.6 Å². The van der Waals surface area contributed by atoms with E-state index in [1.165, 1.54) is 0 Å². The number of para-hydroxylation sites is 1. The quantitative estimate of drug-likeness (QED) is 0.776. The Kier molecular flexibility index (Phi) is 7.13. The number of imidazole rings is 1. The lowest BCUT2D eigenvalue weighted by atomic mass is 10.0. The lowest BCUT2D eigenvalue weighted by Crippen LogP contribution is -2.48. The van der Waals surface area contributed by atoms with E-state index >= 15 is 0 Å². The summed E-state index contributed by atoms with van der Waals surface area (Å²) in [4.78, 5) is 19.6. The molecule has 1 amide bonds. The average Bonchev–Trinajstić information content (AvgIpc) is 2.79. The van der Waals surface area contributed by atoms with Crippen LogP contribution in [0.5, 0.6) is 0 Å². The molecule has 0 aliphatic carbocycles. The van der Waals surface area contributed by atoms with Crippen molar-refractivity contribution in [2.24, 2.45) is 5.92 Å². The molecule has 1 fully saturated rings. The van der Waals surface area contributed by atoms with Crippen molar-refractivity contribution < 1.29 is 4.79 Å². The van der Waals surface area contributed by atoms with Gasteiger partial charge in [0.25, 0.3) is 0 Å². The second-order valence-corrected chi connectivity index (χ2v) is 5.48. The zero-order valence-electron chi connectivity index (χ0n) is 12.5. The maximum Gasteiger partial charge on any atom is 0.220 e. The highest BCUT2D eigenvalue weighted by Crippen LogP contribution is 2.16. The van der Waals surface area contributed by atoms with E-state index in [0.717, 1.165) is 42.1 Å². The van der Waals surface area contributed by atoms with Crippen molar-refractivity contribution in [3.8, 4) is 0 Å². The number of carbonyl (C=O) groups excluding carboxylic acids is 1. The van der Waals surface area contributed by atoms with Gasteiger partial charge in [0.1, 0.15) is 5.82 Å². The summed E-state index contributed by atoms with van der Waals surface area (Å²) in [6.07, 6.45) is 1.14. The number of hydrogen-bond donors (Lipinski definition) is 3. The second-order valence-electron chi connectivity index (χ2n) is 5.48. The molecule has 3 rings (SSSR count). The Labute approximate surface area is 142 Å². The highest BCUT2D eigenvalue weighted by atomic mass is 35.5. The van der Waals surface area contributed by atoms with Crippen LogP contribution in [-0.2, 0) is 11.2 Å². The molecule has 0 unspecified atom stereocenters. The predicted octanol–water partition coefficient (Wildman–Crippen LogP) is 1.98. The molecule has 1 aromatic heterocycles. The predicted molar refractivity (Wildman–Crippen MR) is 93.0 cm³/mol. The van der Waals surface area contributed by atoms with Crippen molar-refractivity contribution in [1.82, 2.24) is 20.6 Å². The van der Waals surface area contributed by atoms with Crippen LogP contribution in [0.25, 0.3) is 11.0 Å². The van der Waals surface area contributed by atoms with Gasteiger partial charge >= 0.3 is 0 Å². The molecule has 2 heterocycles. The molecule has 5 nitrogen and oxygen atoms in total. The SMILES string of the molecule is Cc1cccc2[nH]c(CCC(=O)NCC3CNC3)nc12.Cl.Cl. The summed E-state index contributed by atoms with van der Waals surface area (Å²) in [7, 11) is 0. The van der Waals surface area contributed by atoms with Crippen molar-refractivity contribution in [3.63, 3.8) is 0 Å². The lowest BCUT2D eigenvalue weighted by Gasteiger charge is -2.27. The molecule has 7 heteroatoms. The molecule has 22 heavy (non-hydrogen) atoms. The van der Waals surface area contributed by atoms with Crippen LogP contribution in [-0.4, -0.2) is 35.5 Å². The molecule has 3 N–H and O–H groups in total. The number of H-pyrrole nitrogens is 1. The Morgan fingerprint density at radius 2 is 2.14 bits per heavy atom. The fourth-order valence-electron chi connectivity index (χ4n) is 2.42. The first-order chi connectivity index (χ1) is 9.72. The van der Waals surface area contributed by atoms with E-state index in [2.05, 4.69) is 20.6 Å². The number of halogens is 2. The van der Waals surface area contributed by atoms with Crippen LogP contribution in [0.3, 0.4) is 0 Å². The molecule has 1 aliphatic rings. The van der Waals surface area contributed by atoms with Gasteiger partial charge in [-0.3, -0.25) is 4.79 Å². The molecule has 1 aliphatic heterocycles. The van der Waals surface area contributed by atoms with Gasteiger partial charge in [0.15, 0.2) is 0 Å². The zero-order chi connectivity index (χ0) is 13.9. The van der Waals surface area contributed by atoms with Crippen LogP contribution in [0.2, 0.25) is 0 Å². The minimum absolute atomic E-state index is 0. The molecule has 2 aromatic rings. The first-order valence-corrected chi connectivity index (χ1v) is 7.14. The average molecular weight is 345 g/mol. The first-order valence-electron chi connectivity index (χ1n) is 7.14. The fourth-order valence-corrected chi connectivity index (χ4v) is 2.42. The number of fused-ring (bicyclic) bond motifs is 1. The van der Waals surface area contributed by atoms with E-state index in [1.54, 1.807) is 0 Å². The number of amides is 1. The fraction of sp³-hybridized carbons (Fsp3) is 0.467. The molecular weight excluding hydrogens is 323 g/mol.